The van der Waals surface area contributed by atoms with Gasteiger partial charge in [-0.2, -0.15) is 0 Å². The second-order valence-electron chi connectivity index (χ2n) is 4.63. The summed E-state index contributed by atoms with van der Waals surface area (Å²) < 4.78 is 28.0. The van der Waals surface area contributed by atoms with Gasteiger partial charge >= 0.3 is 0 Å². The lowest BCUT2D eigenvalue weighted by Crippen LogP contribution is -2.25. The number of sulfonamides is 1. The number of nitrogens with one attached hydrogen (secondary N) is 1. The third-order valence-electron chi connectivity index (χ3n) is 3.08. The first-order valence-electron chi connectivity index (χ1n) is 6.23. The molecule has 1 N–H and O–H groups in total. The number of aryl methyl sites for hydroxylation is 1. The van der Waals surface area contributed by atoms with Crippen molar-refractivity contribution in [3.63, 3.8) is 0 Å². The second kappa shape index (κ2) is 5.67. The molecular formula is C12H19N3O2S. The van der Waals surface area contributed by atoms with Gasteiger partial charge in [-0.3, -0.25) is 0 Å². The Kier molecular flexibility index (Phi) is 4.19. The van der Waals surface area contributed by atoms with Crippen LogP contribution in [0.3, 0.4) is 0 Å². The van der Waals surface area contributed by atoms with E-state index in [2.05, 4.69) is 15.8 Å². The van der Waals surface area contributed by atoms with Crippen LogP contribution in [0.1, 0.15) is 32.1 Å². The van der Waals surface area contributed by atoms with Gasteiger partial charge in [0.05, 0.1) is 6.33 Å². The third kappa shape index (κ3) is 3.43. The van der Waals surface area contributed by atoms with E-state index in [0.29, 0.717) is 6.54 Å². The van der Waals surface area contributed by atoms with E-state index in [1.54, 1.807) is 11.6 Å². The quantitative estimate of drug-likeness (QED) is 0.826. The van der Waals surface area contributed by atoms with Crippen molar-refractivity contribution in [3.05, 3.63) is 24.2 Å². The minimum atomic E-state index is -3.45. The van der Waals surface area contributed by atoms with Gasteiger partial charge in [-0.15, -0.1) is 0 Å². The summed E-state index contributed by atoms with van der Waals surface area (Å²) in [6.07, 6.45) is 10.7. The Bertz CT molecular complexity index is 531. The Morgan fingerprint density at radius 1 is 1.44 bits per heavy atom. The van der Waals surface area contributed by atoms with Crippen LogP contribution in [0.25, 0.3) is 0 Å². The molecule has 18 heavy (non-hydrogen) atoms. The van der Waals surface area contributed by atoms with Gasteiger partial charge in [-0.25, -0.2) is 18.1 Å². The fourth-order valence-corrected chi connectivity index (χ4v) is 3.09. The van der Waals surface area contributed by atoms with E-state index in [-0.39, 0.29) is 5.03 Å². The summed E-state index contributed by atoms with van der Waals surface area (Å²) in [5.74, 6) is 0. The van der Waals surface area contributed by atoms with Crippen molar-refractivity contribution in [2.24, 2.45) is 7.05 Å². The van der Waals surface area contributed by atoms with E-state index in [1.165, 1.54) is 30.9 Å². The highest BCUT2D eigenvalue weighted by Gasteiger charge is 2.16. The average Bonchev–Trinajstić information content (AvgIpc) is 2.78. The van der Waals surface area contributed by atoms with Crippen LogP contribution < -0.4 is 4.72 Å². The summed E-state index contributed by atoms with van der Waals surface area (Å²) in [6.45, 7) is 0.449. The normalized spacial score (nSPS) is 16.6. The molecule has 2 rings (SSSR count). The molecular weight excluding hydrogens is 250 g/mol. The molecule has 100 valence electrons. The largest absolute Gasteiger partial charge is 0.339 e. The van der Waals surface area contributed by atoms with Crippen LogP contribution in [0.4, 0.5) is 0 Å². The molecule has 0 saturated heterocycles. The maximum Gasteiger partial charge on any atom is 0.259 e. The maximum atomic E-state index is 11.9. The van der Waals surface area contributed by atoms with Crippen LogP contribution in [0.15, 0.2) is 29.2 Å². The van der Waals surface area contributed by atoms with Crippen molar-refractivity contribution in [1.29, 1.82) is 0 Å². The van der Waals surface area contributed by atoms with Crippen molar-refractivity contribution in [2.75, 3.05) is 6.54 Å². The van der Waals surface area contributed by atoms with Gasteiger partial charge < -0.3 is 4.57 Å². The van der Waals surface area contributed by atoms with E-state index < -0.39 is 10.0 Å². The molecule has 0 atom stereocenters. The molecule has 0 fully saturated rings. The lowest BCUT2D eigenvalue weighted by molar-refractivity contribution is 0.576. The number of hydrogen-bond acceptors (Lipinski definition) is 3. The van der Waals surface area contributed by atoms with Crippen LogP contribution in [-0.4, -0.2) is 24.5 Å². The highest BCUT2D eigenvalue weighted by molar-refractivity contribution is 7.89. The summed E-state index contributed by atoms with van der Waals surface area (Å²) >= 11 is 0. The summed E-state index contributed by atoms with van der Waals surface area (Å²) in [4.78, 5) is 3.85. The predicted molar refractivity (Wildman–Crippen MR) is 69.6 cm³/mol. The zero-order valence-corrected chi connectivity index (χ0v) is 11.4. The molecule has 0 saturated carbocycles. The molecule has 0 aliphatic heterocycles. The first kappa shape index (κ1) is 13.3. The van der Waals surface area contributed by atoms with Gasteiger partial charge in [0.25, 0.3) is 10.0 Å². The Hall–Kier alpha value is -1.14. The standard InChI is InChI=1S/C12H19N3O2S/c1-15-9-12(13-10-15)18(16,17)14-8-7-11-5-3-2-4-6-11/h5,9-10,14H,2-4,6-8H2,1H3. The highest BCUT2D eigenvalue weighted by atomic mass is 32.2. The minimum Gasteiger partial charge on any atom is -0.339 e. The Morgan fingerprint density at radius 3 is 2.89 bits per heavy atom. The zero-order valence-electron chi connectivity index (χ0n) is 10.6. The molecule has 0 radical (unpaired) electrons. The number of aromatic nitrogens is 2. The molecule has 0 unspecified atom stereocenters. The second-order valence-corrected chi connectivity index (χ2v) is 6.35. The van der Waals surface area contributed by atoms with Gasteiger partial charge in [-0.1, -0.05) is 11.6 Å². The molecule has 5 nitrogen and oxygen atoms in total. The Balaban J connectivity index is 1.87. The molecule has 0 bridgehead atoms. The molecule has 1 aromatic rings. The Morgan fingerprint density at radius 2 is 2.28 bits per heavy atom. The molecule has 1 aromatic heterocycles. The van der Waals surface area contributed by atoms with E-state index in [9.17, 15) is 8.42 Å². The lowest BCUT2D eigenvalue weighted by Gasteiger charge is -2.12. The molecule has 0 amide bonds. The minimum absolute atomic E-state index is 0.0858. The van der Waals surface area contributed by atoms with Crippen LogP contribution in [0.2, 0.25) is 0 Å². The molecule has 1 heterocycles. The van der Waals surface area contributed by atoms with Crippen LogP contribution >= 0.6 is 0 Å². The number of rotatable bonds is 5. The predicted octanol–water partition coefficient (Wildman–Crippen LogP) is 1.59. The Labute approximate surface area is 108 Å². The number of allylic oxidation sites excluding steroid dienone is 1. The van der Waals surface area contributed by atoms with Crippen LogP contribution in [0, 0.1) is 0 Å². The lowest BCUT2D eigenvalue weighted by atomic mass is 9.97. The first-order chi connectivity index (χ1) is 8.58. The van der Waals surface area contributed by atoms with Gasteiger partial charge in [0.15, 0.2) is 5.03 Å². The van der Waals surface area contributed by atoms with Gasteiger partial charge in [-0.05, 0) is 32.1 Å². The molecule has 0 spiro atoms. The van der Waals surface area contributed by atoms with Crippen molar-refractivity contribution < 1.29 is 8.42 Å². The zero-order chi connectivity index (χ0) is 13.0. The average molecular weight is 269 g/mol. The topological polar surface area (TPSA) is 64.0 Å². The van der Waals surface area contributed by atoms with Crippen molar-refractivity contribution in [1.82, 2.24) is 14.3 Å². The van der Waals surface area contributed by atoms with Crippen molar-refractivity contribution >= 4 is 10.0 Å². The van der Waals surface area contributed by atoms with Gasteiger partial charge in [0, 0.05) is 19.8 Å². The van der Waals surface area contributed by atoms with E-state index in [1.807, 2.05) is 0 Å². The third-order valence-corrected chi connectivity index (χ3v) is 4.43. The molecule has 1 aliphatic rings. The fraction of sp³-hybridized carbons (Fsp3) is 0.583. The summed E-state index contributed by atoms with van der Waals surface area (Å²) in [7, 11) is -1.70. The van der Waals surface area contributed by atoms with Crippen LogP contribution in [0.5, 0.6) is 0 Å². The molecule has 1 aliphatic carbocycles. The molecule has 6 heteroatoms. The number of hydrogen-bond donors (Lipinski definition) is 1. The summed E-state index contributed by atoms with van der Waals surface area (Å²) in [6, 6.07) is 0. The van der Waals surface area contributed by atoms with Crippen molar-refractivity contribution in [3.8, 4) is 0 Å². The fourth-order valence-electron chi connectivity index (χ4n) is 2.08. The summed E-state index contributed by atoms with van der Waals surface area (Å²) in [5, 5.41) is 0.0858. The van der Waals surface area contributed by atoms with Gasteiger partial charge in [0.1, 0.15) is 0 Å². The monoisotopic (exact) mass is 269 g/mol. The summed E-state index contributed by atoms with van der Waals surface area (Å²) in [5.41, 5.74) is 1.37. The SMILES string of the molecule is Cn1cnc(S(=O)(=O)NCCC2=CCCCC2)c1. The van der Waals surface area contributed by atoms with E-state index >= 15 is 0 Å². The maximum absolute atomic E-state index is 11.9. The number of nitrogens with zero attached hydrogens (tertiary/aromatic N) is 2. The smallest absolute Gasteiger partial charge is 0.259 e. The van der Waals surface area contributed by atoms with E-state index in [0.717, 1.165) is 19.3 Å². The molecule has 0 aromatic carbocycles. The van der Waals surface area contributed by atoms with E-state index in [4.69, 9.17) is 0 Å². The highest BCUT2D eigenvalue weighted by Crippen LogP contribution is 2.19. The van der Waals surface area contributed by atoms with Gasteiger partial charge in [0.2, 0.25) is 0 Å². The van der Waals surface area contributed by atoms with Crippen molar-refractivity contribution in [2.45, 2.75) is 37.1 Å². The van der Waals surface area contributed by atoms with Crippen LogP contribution in [-0.2, 0) is 17.1 Å². The first-order valence-corrected chi connectivity index (χ1v) is 7.72. The number of imidazole rings is 1.